The molecule has 0 heterocycles. The molecule has 3 rings (SSSR count). The van der Waals surface area contributed by atoms with Gasteiger partial charge in [0, 0.05) is 16.1 Å². The normalized spacial score (nSPS) is 10.4. The molecule has 0 aliphatic carbocycles. The average Bonchev–Trinajstić information content (AvgIpc) is 2.55. The quantitative estimate of drug-likeness (QED) is 0.770. The van der Waals surface area contributed by atoms with E-state index in [4.69, 9.17) is 16.3 Å². The van der Waals surface area contributed by atoms with E-state index in [2.05, 4.69) is 5.32 Å². The Morgan fingerprint density at radius 3 is 2.50 bits per heavy atom. The molecule has 3 nitrogen and oxygen atoms in total. The SMILES string of the molecule is O=C(COc1ccc(Cl)cc1)Nc1cccc2ccccc12. The van der Waals surface area contributed by atoms with E-state index >= 15 is 0 Å². The van der Waals surface area contributed by atoms with Gasteiger partial charge >= 0.3 is 0 Å². The van der Waals surface area contributed by atoms with Gasteiger partial charge in [0.15, 0.2) is 6.61 Å². The van der Waals surface area contributed by atoms with E-state index in [-0.39, 0.29) is 12.5 Å². The number of hydrogen-bond donors (Lipinski definition) is 1. The highest BCUT2D eigenvalue weighted by Crippen LogP contribution is 2.23. The molecule has 110 valence electrons. The first-order valence-electron chi connectivity index (χ1n) is 6.88. The van der Waals surface area contributed by atoms with Gasteiger partial charge in [0.2, 0.25) is 0 Å². The van der Waals surface area contributed by atoms with Crippen LogP contribution in [-0.2, 0) is 4.79 Å². The fraction of sp³-hybridized carbons (Fsp3) is 0.0556. The molecule has 0 spiro atoms. The molecule has 1 amide bonds. The van der Waals surface area contributed by atoms with Gasteiger partial charge in [0.25, 0.3) is 5.91 Å². The maximum atomic E-state index is 12.0. The lowest BCUT2D eigenvalue weighted by molar-refractivity contribution is -0.118. The number of carbonyl (C=O) groups excluding carboxylic acids is 1. The fourth-order valence-corrected chi connectivity index (χ4v) is 2.33. The van der Waals surface area contributed by atoms with Gasteiger partial charge in [0.1, 0.15) is 5.75 Å². The van der Waals surface area contributed by atoms with E-state index in [0.29, 0.717) is 10.8 Å². The summed E-state index contributed by atoms with van der Waals surface area (Å²) in [6.07, 6.45) is 0. The van der Waals surface area contributed by atoms with Gasteiger partial charge in [-0.2, -0.15) is 0 Å². The van der Waals surface area contributed by atoms with Crippen molar-refractivity contribution in [3.8, 4) is 5.75 Å². The number of benzene rings is 3. The molecular weight excluding hydrogens is 298 g/mol. The molecule has 0 bridgehead atoms. The standard InChI is InChI=1S/C18H14ClNO2/c19-14-8-10-15(11-9-14)22-12-18(21)20-17-7-3-5-13-4-1-2-6-16(13)17/h1-11H,12H2,(H,20,21). The summed E-state index contributed by atoms with van der Waals surface area (Å²) in [5.41, 5.74) is 0.780. The van der Waals surface area contributed by atoms with Crippen LogP contribution in [0.5, 0.6) is 5.75 Å². The van der Waals surface area contributed by atoms with E-state index in [1.54, 1.807) is 24.3 Å². The second-order valence-electron chi connectivity index (χ2n) is 4.82. The Morgan fingerprint density at radius 2 is 1.68 bits per heavy atom. The predicted octanol–water partition coefficient (Wildman–Crippen LogP) is 4.51. The highest BCUT2D eigenvalue weighted by Gasteiger charge is 2.06. The molecule has 0 unspecified atom stereocenters. The summed E-state index contributed by atoms with van der Waals surface area (Å²) in [6, 6.07) is 20.6. The highest BCUT2D eigenvalue weighted by molar-refractivity contribution is 6.30. The third kappa shape index (κ3) is 3.38. The first-order chi connectivity index (χ1) is 10.7. The number of fused-ring (bicyclic) bond motifs is 1. The van der Waals surface area contributed by atoms with Gasteiger partial charge in [-0.3, -0.25) is 4.79 Å². The van der Waals surface area contributed by atoms with Crippen LogP contribution in [0.2, 0.25) is 5.02 Å². The Morgan fingerprint density at radius 1 is 0.955 bits per heavy atom. The Kier molecular flexibility index (Phi) is 4.26. The largest absolute Gasteiger partial charge is 0.484 e. The minimum Gasteiger partial charge on any atom is -0.484 e. The van der Waals surface area contributed by atoms with Crippen molar-refractivity contribution in [1.29, 1.82) is 0 Å². The Hall–Kier alpha value is -2.52. The zero-order chi connectivity index (χ0) is 15.4. The van der Waals surface area contributed by atoms with Gasteiger partial charge in [-0.15, -0.1) is 0 Å². The second-order valence-corrected chi connectivity index (χ2v) is 5.25. The Labute approximate surface area is 133 Å². The summed E-state index contributed by atoms with van der Waals surface area (Å²) in [6.45, 7) is -0.0507. The van der Waals surface area contributed by atoms with Crippen molar-refractivity contribution in [2.75, 3.05) is 11.9 Å². The van der Waals surface area contributed by atoms with Crippen molar-refractivity contribution >= 4 is 34.0 Å². The Balaban J connectivity index is 1.67. The summed E-state index contributed by atoms with van der Waals surface area (Å²) < 4.78 is 5.44. The van der Waals surface area contributed by atoms with Gasteiger partial charge in [0.05, 0.1) is 0 Å². The zero-order valence-corrected chi connectivity index (χ0v) is 12.5. The van der Waals surface area contributed by atoms with Gasteiger partial charge in [-0.25, -0.2) is 0 Å². The van der Waals surface area contributed by atoms with Crippen molar-refractivity contribution in [2.24, 2.45) is 0 Å². The van der Waals surface area contributed by atoms with Crippen LogP contribution < -0.4 is 10.1 Å². The molecule has 4 heteroatoms. The summed E-state index contributed by atoms with van der Waals surface area (Å²) in [5.74, 6) is 0.406. The monoisotopic (exact) mass is 311 g/mol. The lowest BCUT2D eigenvalue weighted by Gasteiger charge is -2.10. The van der Waals surface area contributed by atoms with Crippen LogP contribution in [0.1, 0.15) is 0 Å². The van der Waals surface area contributed by atoms with E-state index in [1.165, 1.54) is 0 Å². The summed E-state index contributed by atoms with van der Waals surface area (Å²) in [5, 5.41) is 5.60. The number of anilines is 1. The first kappa shape index (κ1) is 14.4. The molecule has 0 fully saturated rings. The molecule has 0 radical (unpaired) electrons. The number of hydrogen-bond acceptors (Lipinski definition) is 2. The number of halogens is 1. The van der Waals surface area contributed by atoms with Crippen molar-refractivity contribution < 1.29 is 9.53 Å². The lowest BCUT2D eigenvalue weighted by atomic mass is 10.1. The fourth-order valence-electron chi connectivity index (χ4n) is 2.20. The molecule has 22 heavy (non-hydrogen) atoms. The lowest BCUT2D eigenvalue weighted by Crippen LogP contribution is -2.20. The molecule has 0 saturated heterocycles. The van der Waals surface area contributed by atoms with E-state index in [0.717, 1.165) is 16.5 Å². The molecule has 0 aliphatic rings. The molecule has 3 aromatic carbocycles. The van der Waals surface area contributed by atoms with Crippen LogP contribution in [0.25, 0.3) is 10.8 Å². The summed E-state index contributed by atoms with van der Waals surface area (Å²) >= 11 is 5.80. The second kappa shape index (κ2) is 6.50. The predicted molar refractivity (Wildman–Crippen MR) is 89.5 cm³/mol. The number of nitrogens with one attached hydrogen (secondary N) is 1. The third-order valence-corrected chi connectivity index (χ3v) is 3.50. The minimum atomic E-state index is -0.202. The van der Waals surface area contributed by atoms with Crippen LogP contribution in [0.3, 0.4) is 0 Å². The van der Waals surface area contributed by atoms with Crippen LogP contribution in [0, 0.1) is 0 Å². The van der Waals surface area contributed by atoms with Crippen LogP contribution in [0.15, 0.2) is 66.7 Å². The molecule has 3 aromatic rings. The van der Waals surface area contributed by atoms with Crippen LogP contribution >= 0.6 is 11.6 Å². The van der Waals surface area contributed by atoms with Crippen molar-refractivity contribution in [1.82, 2.24) is 0 Å². The molecular formula is C18H14ClNO2. The summed E-state index contributed by atoms with van der Waals surface area (Å²) in [7, 11) is 0. The topological polar surface area (TPSA) is 38.3 Å². The molecule has 0 aliphatic heterocycles. The van der Waals surface area contributed by atoms with E-state index in [9.17, 15) is 4.79 Å². The number of amides is 1. The highest BCUT2D eigenvalue weighted by atomic mass is 35.5. The zero-order valence-electron chi connectivity index (χ0n) is 11.8. The number of carbonyl (C=O) groups is 1. The van der Waals surface area contributed by atoms with Crippen molar-refractivity contribution in [2.45, 2.75) is 0 Å². The van der Waals surface area contributed by atoms with E-state index in [1.807, 2.05) is 42.5 Å². The smallest absolute Gasteiger partial charge is 0.262 e. The van der Waals surface area contributed by atoms with Gasteiger partial charge in [-0.05, 0) is 35.7 Å². The van der Waals surface area contributed by atoms with Gasteiger partial charge in [-0.1, -0.05) is 48.0 Å². The molecule has 0 atom stereocenters. The summed E-state index contributed by atoms with van der Waals surface area (Å²) in [4.78, 5) is 12.0. The minimum absolute atomic E-state index is 0.0507. The van der Waals surface area contributed by atoms with Crippen molar-refractivity contribution in [3.05, 3.63) is 71.8 Å². The Bertz CT molecular complexity index is 794. The number of ether oxygens (including phenoxy) is 1. The maximum Gasteiger partial charge on any atom is 0.262 e. The average molecular weight is 312 g/mol. The molecule has 1 N–H and O–H groups in total. The van der Waals surface area contributed by atoms with E-state index < -0.39 is 0 Å². The van der Waals surface area contributed by atoms with Crippen molar-refractivity contribution in [3.63, 3.8) is 0 Å². The first-order valence-corrected chi connectivity index (χ1v) is 7.26. The maximum absolute atomic E-state index is 12.0. The third-order valence-electron chi connectivity index (χ3n) is 3.25. The molecule has 0 saturated carbocycles. The number of rotatable bonds is 4. The van der Waals surface area contributed by atoms with Gasteiger partial charge < -0.3 is 10.1 Å². The molecule has 0 aromatic heterocycles. The van der Waals surface area contributed by atoms with Crippen LogP contribution in [0.4, 0.5) is 5.69 Å². The van der Waals surface area contributed by atoms with Crippen LogP contribution in [-0.4, -0.2) is 12.5 Å².